The molecule has 0 aliphatic carbocycles. The Morgan fingerprint density at radius 1 is 1.03 bits per heavy atom. The Morgan fingerprint density at radius 2 is 1.81 bits per heavy atom. The summed E-state index contributed by atoms with van der Waals surface area (Å²) in [5, 5.41) is 20.7. The third-order valence-electron chi connectivity index (χ3n) is 5.60. The van der Waals surface area contributed by atoms with Gasteiger partial charge in [-0.15, -0.1) is 0 Å². The van der Waals surface area contributed by atoms with Crippen molar-refractivity contribution >= 4 is 23.4 Å². The van der Waals surface area contributed by atoms with Gasteiger partial charge in [-0.3, -0.25) is 10.2 Å². The molecule has 1 atom stereocenters. The smallest absolute Gasteiger partial charge is 0.336 e. The Bertz CT molecular complexity index is 1220. The lowest BCUT2D eigenvalue weighted by Gasteiger charge is -2.14. The lowest BCUT2D eigenvalue weighted by atomic mass is 9.90. The number of rotatable bonds is 6. The minimum Gasteiger partial charge on any atom is -0.478 e. The second kappa shape index (κ2) is 7.95. The third-order valence-corrected chi connectivity index (χ3v) is 5.60. The summed E-state index contributed by atoms with van der Waals surface area (Å²) in [6.07, 6.45) is 0.747. The molecule has 0 bridgehead atoms. The highest BCUT2D eigenvalue weighted by molar-refractivity contribution is 6.01. The number of carboxylic acids is 1. The van der Waals surface area contributed by atoms with Gasteiger partial charge in [0.1, 0.15) is 5.84 Å². The van der Waals surface area contributed by atoms with Gasteiger partial charge < -0.3 is 21.9 Å². The molecule has 1 unspecified atom stereocenters. The van der Waals surface area contributed by atoms with Crippen LogP contribution in [-0.4, -0.2) is 29.4 Å². The normalized spacial score (nSPS) is 14.5. The number of benzene rings is 3. The molecule has 1 amide bonds. The Kier molecular flexibility index (Phi) is 5.17. The standard InChI is InChI=1S/C24H22N4O3/c25-22(26)15-5-7-21-19(10-15)17(12-28-21)9-13-2-1-3-14(8-13)18-6-4-16(23(27)29)11-20(18)24(30)31/h1-8,10-11,17,28H,9,12H2,(H3,25,26)(H2,27,29)(H,30,31). The zero-order valence-corrected chi connectivity index (χ0v) is 16.7. The van der Waals surface area contributed by atoms with Crippen LogP contribution in [0.5, 0.6) is 0 Å². The van der Waals surface area contributed by atoms with Gasteiger partial charge in [-0.05, 0) is 59.0 Å². The van der Waals surface area contributed by atoms with E-state index in [0.717, 1.165) is 35.3 Å². The molecule has 7 nitrogen and oxygen atoms in total. The monoisotopic (exact) mass is 414 g/mol. The van der Waals surface area contributed by atoms with Crippen molar-refractivity contribution in [2.45, 2.75) is 12.3 Å². The number of carboxylic acid groups (broad SMARTS) is 1. The molecule has 3 aromatic rings. The van der Waals surface area contributed by atoms with E-state index in [1.54, 1.807) is 6.07 Å². The lowest BCUT2D eigenvalue weighted by Crippen LogP contribution is -2.12. The molecule has 31 heavy (non-hydrogen) atoms. The molecule has 7 N–H and O–H groups in total. The van der Waals surface area contributed by atoms with E-state index in [1.807, 2.05) is 42.5 Å². The number of hydrogen-bond acceptors (Lipinski definition) is 4. The van der Waals surface area contributed by atoms with Crippen molar-refractivity contribution < 1.29 is 14.7 Å². The molecular formula is C24H22N4O3. The van der Waals surface area contributed by atoms with Crippen molar-refractivity contribution in [3.63, 3.8) is 0 Å². The molecule has 0 fully saturated rings. The van der Waals surface area contributed by atoms with Gasteiger partial charge >= 0.3 is 5.97 Å². The van der Waals surface area contributed by atoms with Gasteiger partial charge in [0, 0.05) is 29.3 Å². The largest absolute Gasteiger partial charge is 0.478 e. The quantitative estimate of drug-likeness (QED) is 0.311. The number of amidine groups is 1. The maximum atomic E-state index is 11.8. The van der Waals surface area contributed by atoms with E-state index < -0.39 is 11.9 Å². The van der Waals surface area contributed by atoms with Crippen LogP contribution < -0.4 is 16.8 Å². The maximum Gasteiger partial charge on any atom is 0.336 e. The number of carbonyl (C=O) groups excluding carboxylic acids is 1. The number of primary amides is 1. The number of nitrogens with two attached hydrogens (primary N) is 2. The van der Waals surface area contributed by atoms with E-state index in [9.17, 15) is 14.7 Å². The van der Waals surface area contributed by atoms with Crippen molar-refractivity contribution in [1.82, 2.24) is 0 Å². The first kappa shape index (κ1) is 20.2. The van der Waals surface area contributed by atoms with Gasteiger partial charge in [0.25, 0.3) is 0 Å². The van der Waals surface area contributed by atoms with Gasteiger partial charge in [-0.1, -0.05) is 30.3 Å². The van der Waals surface area contributed by atoms with E-state index in [2.05, 4.69) is 5.32 Å². The number of fused-ring (bicyclic) bond motifs is 1. The highest BCUT2D eigenvalue weighted by Crippen LogP contribution is 2.35. The van der Waals surface area contributed by atoms with Crippen LogP contribution in [0.2, 0.25) is 0 Å². The zero-order chi connectivity index (χ0) is 22.1. The molecule has 0 saturated carbocycles. The van der Waals surface area contributed by atoms with Crippen LogP contribution in [0, 0.1) is 5.41 Å². The van der Waals surface area contributed by atoms with Crippen LogP contribution in [0.3, 0.4) is 0 Å². The van der Waals surface area contributed by atoms with Crippen molar-refractivity contribution in [2.75, 3.05) is 11.9 Å². The molecule has 3 aromatic carbocycles. The van der Waals surface area contributed by atoms with E-state index in [1.165, 1.54) is 12.1 Å². The third kappa shape index (κ3) is 3.98. The molecular weight excluding hydrogens is 392 g/mol. The second-order valence-electron chi connectivity index (χ2n) is 7.63. The van der Waals surface area contributed by atoms with E-state index in [4.69, 9.17) is 16.9 Å². The molecule has 0 radical (unpaired) electrons. The highest BCUT2D eigenvalue weighted by Gasteiger charge is 2.23. The van der Waals surface area contributed by atoms with Crippen LogP contribution in [-0.2, 0) is 6.42 Å². The maximum absolute atomic E-state index is 11.8. The van der Waals surface area contributed by atoms with Gasteiger partial charge in [-0.2, -0.15) is 0 Å². The van der Waals surface area contributed by atoms with Crippen LogP contribution >= 0.6 is 0 Å². The molecule has 156 valence electrons. The first-order valence-electron chi connectivity index (χ1n) is 9.82. The molecule has 0 spiro atoms. The number of carbonyl (C=O) groups is 2. The summed E-state index contributed by atoms with van der Waals surface area (Å²) >= 11 is 0. The predicted octanol–water partition coefficient (Wildman–Crippen LogP) is 3.19. The molecule has 0 saturated heterocycles. The number of aromatic carboxylic acids is 1. The van der Waals surface area contributed by atoms with Crippen molar-refractivity contribution in [1.29, 1.82) is 5.41 Å². The summed E-state index contributed by atoms with van der Waals surface area (Å²) in [5.41, 5.74) is 16.3. The van der Waals surface area contributed by atoms with Crippen LogP contribution in [0.15, 0.2) is 60.7 Å². The molecule has 7 heteroatoms. The highest BCUT2D eigenvalue weighted by atomic mass is 16.4. The Morgan fingerprint density at radius 3 is 2.52 bits per heavy atom. The zero-order valence-electron chi connectivity index (χ0n) is 16.7. The summed E-state index contributed by atoms with van der Waals surface area (Å²) in [6.45, 7) is 0.772. The molecule has 0 aromatic heterocycles. The number of hydrogen-bond donors (Lipinski definition) is 5. The average molecular weight is 414 g/mol. The number of anilines is 1. The summed E-state index contributed by atoms with van der Waals surface area (Å²) in [7, 11) is 0. The molecule has 1 heterocycles. The van der Waals surface area contributed by atoms with Gasteiger partial charge in [0.15, 0.2) is 0 Å². The summed E-state index contributed by atoms with van der Waals surface area (Å²) in [4.78, 5) is 23.2. The van der Waals surface area contributed by atoms with Crippen LogP contribution in [0.1, 0.15) is 43.3 Å². The molecule has 1 aliphatic heterocycles. The fraction of sp³-hybridized carbons (Fsp3) is 0.125. The molecule has 1 aliphatic rings. The number of amides is 1. The van der Waals surface area contributed by atoms with E-state index >= 15 is 0 Å². The van der Waals surface area contributed by atoms with Crippen LogP contribution in [0.4, 0.5) is 5.69 Å². The lowest BCUT2D eigenvalue weighted by molar-refractivity contribution is 0.0697. The SMILES string of the molecule is N=C(N)c1ccc2c(c1)C(Cc1cccc(-c3ccc(C(N)=O)cc3C(=O)O)c1)CN2. The topological polar surface area (TPSA) is 142 Å². The number of nitrogens with one attached hydrogen (secondary N) is 2. The van der Waals surface area contributed by atoms with E-state index in [0.29, 0.717) is 11.1 Å². The van der Waals surface area contributed by atoms with Gasteiger partial charge in [0.05, 0.1) is 5.56 Å². The van der Waals surface area contributed by atoms with Crippen molar-refractivity contribution in [3.8, 4) is 11.1 Å². The first-order chi connectivity index (χ1) is 14.8. The van der Waals surface area contributed by atoms with Gasteiger partial charge in [0.2, 0.25) is 5.91 Å². The minimum atomic E-state index is -1.12. The fourth-order valence-electron chi connectivity index (χ4n) is 4.03. The van der Waals surface area contributed by atoms with Gasteiger partial charge in [-0.25, -0.2) is 4.79 Å². The molecule has 4 rings (SSSR count). The fourth-order valence-corrected chi connectivity index (χ4v) is 4.03. The average Bonchev–Trinajstić information content (AvgIpc) is 3.15. The van der Waals surface area contributed by atoms with Crippen molar-refractivity contribution in [3.05, 3.63) is 88.5 Å². The van der Waals surface area contributed by atoms with Crippen LogP contribution in [0.25, 0.3) is 11.1 Å². The summed E-state index contributed by atoms with van der Waals surface area (Å²) in [6, 6.07) is 17.9. The number of nitrogen functional groups attached to an aromatic ring is 1. The Labute approximate surface area is 179 Å². The summed E-state index contributed by atoms with van der Waals surface area (Å²) < 4.78 is 0. The Balaban J connectivity index is 1.66. The first-order valence-corrected chi connectivity index (χ1v) is 9.82. The second-order valence-corrected chi connectivity index (χ2v) is 7.63. The minimum absolute atomic E-state index is 0.0347. The Hall–Kier alpha value is -4.13. The van der Waals surface area contributed by atoms with Crippen molar-refractivity contribution in [2.24, 2.45) is 11.5 Å². The van der Waals surface area contributed by atoms with E-state index in [-0.39, 0.29) is 22.9 Å². The summed E-state index contributed by atoms with van der Waals surface area (Å²) in [5.74, 6) is -1.54. The predicted molar refractivity (Wildman–Crippen MR) is 120 cm³/mol.